The molecule has 0 aliphatic carbocycles. The van der Waals surface area contributed by atoms with Crippen LogP contribution in [0.2, 0.25) is 0 Å². The summed E-state index contributed by atoms with van der Waals surface area (Å²) in [5, 5.41) is 5.98. The van der Waals surface area contributed by atoms with Gasteiger partial charge in [0.15, 0.2) is 17.4 Å². The molecular weight excluding hydrogens is 614 g/mol. The van der Waals surface area contributed by atoms with Crippen molar-refractivity contribution < 1.29 is 39.5 Å². The van der Waals surface area contributed by atoms with E-state index in [9.17, 15) is 30.4 Å². The van der Waals surface area contributed by atoms with Gasteiger partial charge in [0.25, 0.3) is 6.43 Å². The highest BCUT2D eigenvalue weighted by atomic mass is 32.2. The van der Waals surface area contributed by atoms with Crippen LogP contribution in [0.3, 0.4) is 0 Å². The van der Waals surface area contributed by atoms with Gasteiger partial charge in [-0.2, -0.15) is 4.39 Å². The fourth-order valence-electron chi connectivity index (χ4n) is 4.44. The highest BCUT2D eigenvalue weighted by Gasteiger charge is 2.26. The largest absolute Gasteiger partial charge is 0.435 e. The molecule has 232 valence electrons. The summed E-state index contributed by atoms with van der Waals surface area (Å²) in [6, 6.07) is 8.97. The summed E-state index contributed by atoms with van der Waals surface area (Å²) in [4.78, 5) is 12.5. The molecule has 3 N–H and O–H groups in total. The molecule has 3 heterocycles. The number of halogens is 6. The number of anilines is 2. The van der Waals surface area contributed by atoms with E-state index in [0.29, 0.717) is 12.6 Å². The minimum atomic E-state index is -4.50. The van der Waals surface area contributed by atoms with Gasteiger partial charge in [-0.15, -0.1) is 0 Å². The Kier molecular flexibility index (Phi) is 9.20. The first-order valence-corrected chi connectivity index (χ1v) is 14.8. The van der Waals surface area contributed by atoms with E-state index >= 15 is 4.39 Å². The van der Waals surface area contributed by atoms with Gasteiger partial charge in [0.2, 0.25) is 27.7 Å². The third-order valence-corrected chi connectivity index (χ3v) is 7.74. The van der Waals surface area contributed by atoms with Crippen LogP contribution in [0.25, 0.3) is 11.3 Å². The quantitative estimate of drug-likeness (QED) is 0.149. The van der Waals surface area contributed by atoms with Crippen molar-refractivity contribution in [1.29, 1.82) is 0 Å². The Hall–Kier alpha value is -4.44. The Labute approximate surface area is 247 Å². The molecule has 0 spiro atoms. The Bertz CT molecular complexity index is 1750. The molecule has 0 amide bonds. The van der Waals surface area contributed by atoms with E-state index in [1.165, 1.54) is 30.6 Å². The SMILES string of the molecule is O=S(=O)(Cc1ccc(C(F)F)cc1)Nc1c(F)cc(Oc2ncccc2-c2ccnc(NC3CNC[C@@H](F)C3)n2)c(F)c1F. The lowest BCUT2D eigenvalue weighted by molar-refractivity contribution is 0.151. The van der Waals surface area contributed by atoms with Crippen LogP contribution in [0.4, 0.5) is 38.0 Å². The van der Waals surface area contributed by atoms with Gasteiger partial charge >= 0.3 is 0 Å². The van der Waals surface area contributed by atoms with Crippen LogP contribution in [0.5, 0.6) is 11.6 Å². The fraction of sp³-hybridized carbons (Fsp3) is 0.250. The number of hydrogen-bond donors (Lipinski definition) is 3. The Morgan fingerprint density at radius 2 is 1.77 bits per heavy atom. The summed E-state index contributed by atoms with van der Waals surface area (Å²) < 4.78 is 116. The number of piperidine rings is 1. The van der Waals surface area contributed by atoms with Gasteiger partial charge in [0.1, 0.15) is 11.9 Å². The van der Waals surface area contributed by atoms with E-state index < -0.39 is 57.3 Å². The monoisotopic (exact) mass is 638 g/mol. The molecule has 5 rings (SSSR count). The summed E-state index contributed by atoms with van der Waals surface area (Å²) in [6.07, 6.45) is -0.848. The van der Waals surface area contributed by atoms with Crippen molar-refractivity contribution in [3.05, 3.63) is 89.5 Å². The molecule has 2 atom stereocenters. The second-order valence-corrected chi connectivity index (χ2v) is 11.5. The first-order chi connectivity index (χ1) is 21.0. The Morgan fingerprint density at radius 3 is 2.50 bits per heavy atom. The average Bonchev–Trinajstić information content (AvgIpc) is 2.98. The van der Waals surface area contributed by atoms with Gasteiger partial charge in [-0.1, -0.05) is 24.3 Å². The lowest BCUT2D eigenvalue weighted by Gasteiger charge is -2.26. The number of pyridine rings is 1. The molecule has 1 aliphatic rings. The smallest absolute Gasteiger partial charge is 0.263 e. The van der Waals surface area contributed by atoms with Gasteiger partial charge in [0, 0.05) is 49.6 Å². The molecule has 0 bridgehead atoms. The van der Waals surface area contributed by atoms with E-state index in [-0.39, 0.29) is 53.2 Å². The number of nitrogens with zero attached hydrogens (tertiary/aromatic N) is 3. The zero-order valence-corrected chi connectivity index (χ0v) is 23.4. The molecule has 1 aliphatic heterocycles. The van der Waals surface area contributed by atoms with E-state index in [0.717, 1.165) is 24.3 Å². The minimum Gasteiger partial charge on any atom is -0.435 e. The topological polar surface area (TPSA) is 118 Å². The number of sulfonamides is 1. The molecule has 1 fully saturated rings. The molecular formula is C28H24F6N6O3S. The van der Waals surface area contributed by atoms with Gasteiger partial charge in [-0.3, -0.25) is 4.72 Å². The number of benzene rings is 2. The zero-order chi connectivity index (χ0) is 31.4. The second-order valence-electron chi connectivity index (χ2n) is 9.82. The van der Waals surface area contributed by atoms with Gasteiger partial charge in [-0.25, -0.2) is 45.3 Å². The maximum Gasteiger partial charge on any atom is 0.263 e. The van der Waals surface area contributed by atoms with Crippen LogP contribution in [-0.4, -0.2) is 48.7 Å². The van der Waals surface area contributed by atoms with Crippen molar-refractivity contribution in [3.8, 4) is 22.9 Å². The molecule has 44 heavy (non-hydrogen) atoms. The average molecular weight is 639 g/mol. The van der Waals surface area contributed by atoms with E-state index in [1.54, 1.807) is 4.72 Å². The normalized spacial score (nSPS) is 17.0. The van der Waals surface area contributed by atoms with E-state index in [4.69, 9.17) is 4.74 Å². The second kappa shape index (κ2) is 13.1. The molecule has 1 saturated heterocycles. The molecule has 0 saturated carbocycles. The van der Waals surface area contributed by atoms with Gasteiger partial charge in [-0.05, 0) is 23.8 Å². The maximum absolute atomic E-state index is 15.1. The fourth-order valence-corrected chi connectivity index (χ4v) is 5.64. The third kappa shape index (κ3) is 7.37. The summed E-state index contributed by atoms with van der Waals surface area (Å²) in [5.41, 5.74) is -1.13. The van der Waals surface area contributed by atoms with Crippen molar-refractivity contribution in [2.24, 2.45) is 0 Å². The van der Waals surface area contributed by atoms with Crippen LogP contribution in [-0.2, 0) is 15.8 Å². The van der Waals surface area contributed by atoms with Crippen molar-refractivity contribution in [3.63, 3.8) is 0 Å². The van der Waals surface area contributed by atoms with Gasteiger partial charge < -0.3 is 15.4 Å². The summed E-state index contributed by atoms with van der Waals surface area (Å²) in [6.45, 7) is 0.742. The molecule has 2 aromatic heterocycles. The summed E-state index contributed by atoms with van der Waals surface area (Å²) >= 11 is 0. The van der Waals surface area contributed by atoms with Crippen molar-refractivity contribution in [2.45, 2.75) is 30.8 Å². The standard InChI is InChI=1S/C28H24F6N6O3S/c29-17-10-18(13-35-12-17)38-28-37-9-7-21(39-28)19-2-1-8-36-27(19)43-22-11-20(30)25(24(32)23(22)31)40-44(41,42)14-15-3-5-16(6-4-15)26(33)34/h1-9,11,17-18,26,35,40H,10,12-14H2,(H,37,38,39)/t17-,18?/m0/s1. The zero-order valence-electron chi connectivity index (χ0n) is 22.6. The van der Waals surface area contributed by atoms with E-state index in [1.807, 2.05) is 0 Å². The number of nitrogens with one attached hydrogen (secondary N) is 3. The van der Waals surface area contributed by atoms with Crippen LogP contribution in [0, 0.1) is 17.5 Å². The number of hydrogen-bond acceptors (Lipinski definition) is 8. The maximum atomic E-state index is 15.1. The third-order valence-electron chi connectivity index (χ3n) is 6.51. The predicted octanol–water partition coefficient (Wildman–Crippen LogP) is 5.74. The molecule has 0 radical (unpaired) electrons. The first kappa shape index (κ1) is 31.0. The van der Waals surface area contributed by atoms with Crippen molar-refractivity contribution in [1.82, 2.24) is 20.3 Å². The number of alkyl halides is 3. The Balaban J connectivity index is 1.35. The van der Waals surface area contributed by atoms with Gasteiger partial charge in [0.05, 0.1) is 17.0 Å². The molecule has 1 unspecified atom stereocenters. The van der Waals surface area contributed by atoms with Crippen molar-refractivity contribution >= 4 is 21.7 Å². The van der Waals surface area contributed by atoms with Crippen LogP contribution in [0.1, 0.15) is 24.0 Å². The minimum absolute atomic E-state index is 0.0518. The highest BCUT2D eigenvalue weighted by molar-refractivity contribution is 7.91. The number of ether oxygens (including phenoxy) is 1. The Morgan fingerprint density at radius 1 is 1.00 bits per heavy atom. The van der Waals surface area contributed by atoms with Crippen LogP contribution < -0.4 is 20.1 Å². The predicted molar refractivity (Wildman–Crippen MR) is 149 cm³/mol. The molecule has 2 aromatic carbocycles. The van der Waals surface area contributed by atoms with Crippen LogP contribution >= 0.6 is 0 Å². The molecule has 16 heteroatoms. The lowest BCUT2D eigenvalue weighted by atomic mass is 10.1. The van der Waals surface area contributed by atoms with Crippen LogP contribution in [0.15, 0.2) is 60.9 Å². The number of rotatable bonds is 10. The lowest BCUT2D eigenvalue weighted by Crippen LogP contribution is -2.44. The number of aromatic nitrogens is 3. The van der Waals surface area contributed by atoms with E-state index in [2.05, 4.69) is 25.6 Å². The molecule has 9 nitrogen and oxygen atoms in total. The summed E-state index contributed by atoms with van der Waals surface area (Å²) in [7, 11) is -4.50. The summed E-state index contributed by atoms with van der Waals surface area (Å²) in [5.74, 6) is -6.95. The first-order valence-electron chi connectivity index (χ1n) is 13.1. The highest BCUT2D eigenvalue weighted by Crippen LogP contribution is 2.36. The van der Waals surface area contributed by atoms with Crippen molar-refractivity contribution in [2.75, 3.05) is 23.1 Å². The molecule has 4 aromatic rings.